The summed E-state index contributed by atoms with van der Waals surface area (Å²) in [7, 11) is 0. The molecule has 0 atom stereocenters. The van der Waals surface area contributed by atoms with Crippen LogP contribution in [0.25, 0.3) is 11.1 Å². The first-order chi connectivity index (χ1) is 21.7. The number of carbonyl (C=O) groups excluding carboxylic acids is 1. The van der Waals surface area contributed by atoms with Crippen LogP contribution in [-0.4, -0.2) is 35.0 Å². The van der Waals surface area contributed by atoms with Crippen LogP contribution in [0.3, 0.4) is 0 Å². The second-order valence-corrected chi connectivity index (χ2v) is 11.1. The van der Waals surface area contributed by atoms with Crippen LogP contribution in [0.1, 0.15) is 39.9 Å². The summed E-state index contributed by atoms with van der Waals surface area (Å²) in [4.78, 5) is 19.6. The van der Waals surface area contributed by atoms with Crippen molar-refractivity contribution in [2.45, 2.75) is 38.6 Å². The predicted octanol–water partition coefficient (Wildman–Crippen LogP) is 7.30. The van der Waals surface area contributed by atoms with Gasteiger partial charge < -0.3 is 14.8 Å². The molecule has 0 bridgehead atoms. The van der Waals surface area contributed by atoms with Gasteiger partial charge in [-0.2, -0.15) is 0 Å². The van der Waals surface area contributed by atoms with Gasteiger partial charge >= 0.3 is 0 Å². The van der Waals surface area contributed by atoms with E-state index in [4.69, 9.17) is 9.47 Å². The zero-order chi connectivity index (χ0) is 30.0. The number of nitrogens with one attached hydrogen (secondary N) is 1. The molecule has 1 N–H and O–H groups in total. The molecule has 5 aromatic rings. The lowest BCUT2D eigenvalue weighted by molar-refractivity contribution is 0.0931. The molecule has 1 saturated heterocycles. The van der Waals surface area contributed by atoms with Crippen molar-refractivity contribution in [1.82, 2.24) is 15.2 Å². The Morgan fingerprint density at radius 2 is 1.45 bits per heavy atom. The quantitative estimate of drug-likeness (QED) is 0.177. The van der Waals surface area contributed by atoms with E-state index in [-0.39, 0.29) is 12.0 Å². The molecule has 44 heavy (non-hydrogen) atoms. The van der Waals surface area contributed by atoms with Gasteiger partial charge in [0.05, 0.1) is 0 Å². The summed E-state index contributed by atoms with van der Waals surface area (Å²) in [6.07, 6.45) is 3.82. The molecule has 1 aliphatic heterocycles. The number of hydrogen-bond acceptors (Lipinski definition) is 5. The zero-order valence-electron chi connectivity index (χ0n) is 24.8. The van der Waals surface area contributed by atoms with Gasteiger partial charge in [-0.25, -0.2) is 4.98 Å². The minimum atomic E-state index is -0.108. The highest BCUT2D eigenvalue weighted by molar-refractivity contribution is 5.94. The largest absolute Gasteiger partial charge is 0.489 e. The summed E-state index contributed by atoms with van der Waals surface area (Å²) in [6, 6.07) is 40.3. The molecule has 6 heteroatoms. The second kappa shape index (κ2) is 14.5. The number of carbonyl (C=O) groups is 1. The third-order valence-corrected chi connectivity index (χ3v) is 7.88. The number of likely N-dealkylation sites (tertiary alicyclic amines) is 1. The van der Waals surface area contributed by atoms with Crippen LogP contribution in [0.5, 0.6) is 11.6 Å². The smallest absolute Gasteiger partial charge is 0.251 e. The van der Waals surface area contributed by atoms with Crippen LogP contribution in [0.2, 0.25) is 0 Å². The van der Waals surface area contributed by atoms with Crippen molar-refractivity contribution >= 4 is 5.91 Å². The van der Waals surface area contributed by atoms with Gasteiger partial charge in [-0.05, 0) is 64.9 Å². The summed E-state index contributed by atoms with van der Waals surface area (Å²) in [5, 5.41) is 2.98. The van der Waals surface area contributed by atoms with Gasteiger partial charge in [-0.15, -0.1) is 0 Å². The predicted molar refractivity (Wildman–Crippen MR) is 173 cm³/mol. The Balaban J connectivity index is 0.920. The molecule has 1 fully saturated rings. The lowest BCUT2D eigenvalue weighted by atomic mass is 10.0. The summed E-state index contributed by atoms with van der Waals surface area (Å²) in [6.45, 7) is 3.81. The van der Waals surface area contributed by atoms with Crippen LogP contribution in [-0.2, 0) is 19.7 Å². The maximum absolute atomic E-state index is 12.7. The van der Waals surface area contributed by atoms with Gasteiger partial charge in [-0.1, -0.05) is 91.0 Å². The molecule has 4 aromatic carbocycles. The van der Waals surface area contributed by atoms with E-state index in [0.29, 0.717) is 24.6 Å². The Morgan fingerprint density at radius 1 is 0.750 bits per heavy atom. The van der Waals surface area contributed by atoms with E-state index in [9.17, 15) is 4.79 Å². The van der Waals surface area contributed by atoms with Gasteiger partial charge in [0.15, 0.2) is 0 Å². The van der Waals surface area contributed by atoms with E-state index in [1.165, 1.54) is 5.56 Å². The highest BCUT2D eigenvalue weighted by Crippen LogP contribution is 2.22. The first kappa shape index (κ1) is 29.1. The fourth-order valence-electron chi connectivity index (χ4n) is 5.40. The van der Waals surface area contributed by atoms with E-state index < -0.39 is 0 Å². The molecular formula is C38H37N3O3. The number of rotatable bonds is 11. The number of amides is 1. The third-order valence-electron chi connectivity index (χ3n) is 7.88. The number of nitrogens with zero attached hydrogens (tertiary/aromatic N) is 2. The molecule has 6 rings (SSSR count). The van der Waals surface area contributed by atoms with E-state index in [1.54, 1.807) is 6.20 Å². The molecule has 0 saturated carbocycles. The highest BCUT2D eigenvalue weighted by Gasteiger charge is 2.21. The number of hydrogen-bond donors (Lipinski definition) is 1. The maximum Gasteiger partial charge on any atom is 0.251 e. The molecule has 1 aromatic heterocycles. The van der Waals surface area contributed by atoms with Gasteiger partial charge in [0.25, 0.3) is 5.91 Å². The maximum atomic E-state index is 12.7. The van der Waals surface area contributed by atoms with E-state index >= 15 is 0 Å². The van der Waals surface area contributed by atoms with Crippen molar-refractivity contribution in [2.24, 2.45) is 0 Å². The van der Waals surface area contributed by atoms with Gasteiger partial charge in [-0.3, -0.25) is 9.69 Å². The van der Waals surface area contributed by atoms with E-state index in [1.807, 2.05) is 78.9 Å². The standard InChI is InChI=1S/C38H37N3O3/c42-38(34-17-15-33(16-18-34)32-11-5-2-6-12-32)40-26-31-14-19-37(39-25-31)44-35-20-22-41(23-21-35)27-30-10-7-13-36(24-30)43-28-29-8-3-1-4-9-29/h1-19,24-25,35H,20-23,26-28H2,(H,40,42). The summed E-state index contributed by atoms with van der Waals surface area (Å²) in [5.41, 5.74) is 6.19. The normalized spacial score (nSPS) is 13.7. The van der Waals surface area contributed by atoms with Gasteiger partial charge in [0.1, 0.15) is 18.5 Å². The fourth-order valence-corrected chi connectivity index (χ4v) is 5.40. The highest BCUT2D eigenvalue weighted by atomic mass is 16.5. The first-order valence-electron chi connectivity index (χ1n) is 15.2. The molecule has 222 valence electrons. The molecule has 1 amide bonds. The fraction of sp³-hybridized carbons (Fsp3) is 0.211. The summed E-state index contributed by atoms with van der Waals surface area (Å²) in [5.74, 6) is 1.41. The lowest BCUT2D eigenvalue weighted by Crippen LogP contribution is -2.37. The summed E-state index contributed by atoms with van der Waals surface area (Å²) < 4.78 is 12.2. The van der Waals surface area contributed by atoms with Crippen LogP contribution in [0.4, 0.5) is 0 Å². The van der Waals surface area contributed by atoms with Crippen molar-refractivity contribution in [3.63, 3.8) is 0 Å². The number of ether oxygens (including phenoxy) is 2. The monoisotopic (exact) mass is 583 g/mol. The van der Waals surface area contributed by atoms with Crippen LogP contribution in [0, 0.1) is 0 Å². The molecule has 6 nitrogen and oxygen atoms in total. The Bertz CT molecular complexity index is 1620. The number of benzene rings is 4. The number of pyridine rings is 1. The summed E-state index contributed by atoms with van der Waals surface area (Å²) >= 11 is 0. The van der Waals surface area contributed by atoms with E-state index in [2.05, 4.69) is 57.7 Å². The first-order valence-corrected chi connectivity index (χ1v) is 15.2. The van der Waals surface area contributed by atoms with Crippen LogP contribution < -0.4 is 14.8 Å². The minimum absolute atomic E-state index is 0.108. The van der Waals surface area contributed by atoms with Crippen molar-refractivity contribution in [3.05, 3.63) is 150 Å². The molecule has 0 unspecified atom stereocenters. The Labute approximate surface area is 259 Å². The minimum Gasteiger partial charge on any atom is -0.489 e. The lowest BCUT2D eigenvalue weighted by Gasteiger charge is -2.32. The Hall–Kier alpha value is -4.94. The number of aromatic nitrogens is 1. The van der Waals surface area contributed by atoms with Crippen molar-refractivity contribution < 1.29 is 14.3 Å². The van der Waals surface area contributed by atoms with Crippen molar-refractivity contribution in [2.75, 3.05) is 13.1 Å². The molecule has 0 spiro atoms. The van der Waals surface area contributed by atoms with Gasteiger partial charge in [0, 0.05) is 44.0 Å². The molecule has 0 radical (unpaired) electrons. The molecular weight excluding hydrogens is 546 g/mol. The van der Waals surface area contributed by atoms with Crippen LogP contribution >= 0.6 is 0 Å². The molecule has 0 aliphatic carbocycles. The van der Waals surface area contributed by atoms with Crippen molar-refractivity contribution in [3.8, 4) is 22.8 Å². The molecule has 2 heterocycles. The SMILES string of the molecule is O=C(NCc1ccc(OC2CCN(Cc3cccc(OCc4ccccc4)c3)CC2)nc1)c1ccc(-c2ccccc2)cc1. The number of piperidine rings is 1. The van der Waals surface area contributed by atoms with Crippen molar-refractivity contribution in [1.29, 1.82) is 0 Å². The van der Waals surface area contributed by atoms with Gasteiger partial charge in [0.2, 0.25) is 5.88 Å². The Morgan fingerprint density at radius 3 is 2.18 bits per heavy atom. The van der Waals surface area contributed by atoms with Crippen LogP contribution in [0.15, 0.2) is 128 Å². The topological polar surface area (TPSA) is 63.7 Å². The zero-order valence-corrected chi connectivity index (χ0v) is 24.8. The third kappa shape index (κ3) is 8.12. The second-order valence-electron chi connectivity index (χ2n) is 11.1. The Kier molecular flexibility index (Phi) is 9.60. The average molecular weight is 584 g/mol. The van der Waals surface area contributed by atoms with E-state index in [0.717, 1.165) is 60.5 Å². The molecule has 1 aliphatic rings. The average Bonchev–Trinajstić information content (AvgIpc) is 3.09.